The van der Waals surface area contributed by atoms with Crippen LogP contribution in [-0.2, 0) is 0 Å². The van der Waals surface area contributed by atoms with Gasteiger partial charge in [-0.25, -0.2) is 9.18 Å². The first-order valence-electron chi connectivity index (χ1n) is 7.58. The Balaban J connectivity index is 2.19. The third-order valence-corrected chi connectivity index (χ3v) is 3.53. The first-order valence-corrected chi connectivity index (χ1v) is 7.58. The average Bonchev–Trinajstić information content (AvgIpc) is 2.53. The number of rotatable bonds is 6. The van der Waals surface area contributed by atoms with E-state index in [2.05, 4.69) is 10.6 Å². The number of benzene rings is 2. The Hall–Kier alpha value is -2.40. The number of halogens is 1. The molecule has 0 bridgehead atoms. The molecule has 1 unspecified atom stereocenters. The van der Waals surface area contributed by atoms with Gasteiger partial charge in [0.2, 0.25) is 0 Å². The molecule has 2 aromatic rings. The van der Waals surface area contributed by atoms with E-state index in [0.717, 1.165) is 5.56 Å². The lowest BCUT2D eigenvalue weighted by molar-refractivity contribution is 0.229. The lowest BCUT2D eigenvalue weighted by atomic mass is 9.99. The third kappa shape index (κ3) is 5.07. The molecule has 4 nitrogen and oxygen atoms in total. The molecule has 2 aromatic carbocycles. The molecule has 0 aliphatic rings. The van der Waals surface area contributed by atoms with Crippen molar-refractivity contribution in [2.45, 2.75) is 25.4 Å². The summed E-state index contributed by atoms with van der Waals surface area (Å²) < 4.78 is 13.5. The highest BCUT2D eigenvalue weighted by Crippen LogP contribution is 2.22. The van der Waals surface area contributed by atoms with Crippen LogP contribution in [0.25, 0.3) is 0 Å². The number of carbonyl (C=O) groups is 1. The molecular formula is C18H21FN2O2. The number of nitrogens with one attached hydrogen (secondary N) is 2. The van der Waals surface area contributed by atoms with Crippen molar-refractivity contribution in [2.24, 2.45) is 0 Å². The zero-order valence-electron chi connectivity index (χ0n) is 13.0. The van der Waals surface area contributed by atoms with Crippen LogP contribution in [0.15, 0.2) is 54.6 Å². The number of aliphatic hydroxyl groups is 1. The molecule has 3 N–H and O–H groups in total. The van der Waals surface area contributed by atoms with Crippen LogP contribution < -0.4 is 10.6 Å². The Morgan fingerprint density at radius 1 is 1.09 bits per heavy atom. The van der Waals surface area contributed by atoms with Crippen molar-refractivity contribution in [3.63, 3.8) is 0 Å². The number of aliphatic hydroxyl groups excluding tert-OH is 1. The van der Waals surface area contributed by atoms with Gasteiger partial charge in [-0.05, 0) is 36.6 Å². The van der Waals surface area contributed by atoms with E-state index in [9.17, 15) is 9.18 Å². The molecule has 122 valence electrons. The van der Waals surface area contributed by atoms with E-state index in [1.165, 1.54) is 12.1 Å². The van der Waals surface area contributed by atoms with Gasteiger partial charge in [0.1, 0.15) is 5.82 Å². The molecule has 2 amide bonds. The predicted octanol–water partition coefficient (Wildman–Crippen LogP) is 2.99. The van der Waals surface area contributed by atoms with E-state index in [4.69, 9.17) is 5.11 Å². The lowest BCUT2D eigenvalue weighted by Gasteiger charge is -2.22. The van der Waals surface area contributed by atoms with E-state index in [-0.39, 0.29) is 24.5 Å². The molecule has 0 aliphatic carbocycles. The molecule has 0 saturated carbocycles. The van der Waals surface area contributed by atoms with Crippen molar-refractivity contribution in [2.75, 3.05) is 6.61 Å². The minimum Gasteiger partial charge on any atom is -0.396 e. The van der Waals surface area contributed by atoms with Gasteiger partial charge < -0.3 is 15.7 Å². The van der Waals surface area contributed by atoms with Gasteiger partial charge >= 0.3 is 6.03 Å². The summed E-state index contributed by atoms with van der Waals surface area (Å²) in [5, 5.41) is 14.5. The highest BCUT2D eigenvalue weighted by atomic mass is 19.1. The summed E-state index contributed by atoms with van der Waals surface area (Å²) in [6.45, 7) is 1.82. The van der Waals surface area contributed by atoms with Crippen molar-refractivity contribution in [3.8, 4) is 0 Å². The molecule has 23 heavy (non-hydrogen) atoms. The van der Waals surface area contributed by atoms with Crippen molar-refractivity contribution in [3.05, 3.63) is 71.5 Å². The van der Waals surface area contributed by atoms with E-state index in [0.29, 0.717) is 12.0 Å². The SMILES string of the molecule is C[C@H](CCO)NC(=O)NC(c1ccccc1)c1cccc(F)c1. The zero-order valence-corrected chi connectivity index (χ0v) is 13.0. The van der Waals surface area contributed by atoms with Crippen molar-refractivity contribution in [1.29, 1.82) is 0 Å². The first-order chi connectivity index (χ1) is 11.1. The maximum absolute atomic E-state index is 13.5. The first kappa shape index (κ1) is 17.0. The summed E-state index contributed by atoms with van der Waals surface area (Å²) in [4.78, 5) is 12.2. The molecule has 0 aromatic heterocycles. The Kier molecular flexibility index (Phi) is 6.11. The van der Waals surface area contributed by atoms with Gasteiger partial charge in [-0.15, -0.1) is 0 Å². The summed E-state index contributed by atoms with van der Waals surface area (Å²) in [6.07, 6.45) is 0.476. The van der Waals surface area contributed by atoms with Crippen LogP contribution in [0, 0.1) is 5.82 Å². The Bertz CT molecular complexity index is 634. The van der Waals surface area contributed by atoms with Gasteiger partial charge in [0.15, 0.2) is 0 Å². The molecule has 2 rings (SSSR count). The van der Waals surface area contributed by atoms with E-state index in [1.54, 1.807) is 12.1 Å². The van der Waals surface area contributed by atoms with Crippen LogP contribution in [0.4, 0.5) is 9.18 Å². The number of urea groups is 1. The van der Waals surface area contributed by atoms with Gasteiger partial charge in [0, 0.05) is 12.6 Å². The quantitative estimate of drug-likeness (QED) is 0.767. The Morgan fingerprint density at radius 3 is 2.43 bits per heavy atom. The van der Waals surface area contributed by atoms with Gasteiger partial charge in [-0.1, -0.05) is 42.5 Å². The second-order valence-corrected chi connectivity index (χ2v) is 5.43. The molecule has 0 spiro atoms. The summed E-state index contributed by atoms with van der Waals surface area (Å²) in [6, 6.07) is 14.6. The molecule has 0 heterocycles. The number of carbonyl (C=O) groups excluding carboxylic acids is 1. The standard InChI is InChI=1S/C18H21FN2O2/c1-13(10-11-22)20-18(23)21-17(14-6-3-2-4-7-14)15-8-5-9-16(19)12-15/h2-9,12-13,17,22H,10-11H2,1H3,(H2,20,21,23)/t13-,17?/m1/s1. The smallest absolute Gasteiger partial charge is 0.315 e. The number of amides is 2. The summed E-state index contributed by atoms with van der Waals surface area (Å²) in [5.41, 5.74) is 1.53. The molecule has 2 atom stereocenters. The fraction of sp³-hybridized carbons (Fsp3) is 0.278. The third-order valence-electron chi connectivity index (χ3n) is 3.53. The minimum atomic E-state index is -0.451. The fourth-order valence-corrected chi connectivity index (χ4v) is 2.35. The van der Waals surface area contributed by atoms with Crippen LogP contribution in [0.1, 0.15) is 30.5 Å². The van der Waals surface area contributed by atoms with Crippen LogP contribution in [0.5, 0.6) is 0 Å². The van der Waals surface area contributed by atoms with Crippen LogP contribution >= 0.6 is 0 Å². The molecule has 0 radical (unpaired) electrons. The highest BCUT2D eigenvalue weighted by Gasteiger charge is 2.18. The largest absolute Gasteiger partial charge is 0.396 e. The number of hydrogen-bond donors (Lipinski definition) is 3. The fourth-order valence-electron chi connectivity index (χ4n) is 2.35. The Morgan fingerprint density at radius 2 is 1.78 bits per heavy atom. The second-order valence-electron chi connectivity index (χ2n) is 5.43. The van der Waals surface area contributed by atoms with Crippen molar-refractivity contribution in [1.82, 2.24) is 10.6 Å². The van der Waals surface area contributed by atoms with Crippen LogP contribution in [0.2, 0.25) is 0 Å². The average molecular weight is 316 g/mol. The maximum Gasteiger partial charge on any atom is 0.315 e. The summed E-state index contributed by atoms with van der Waals surface area (Å²) in [5.74, 6) is -0.348. The summed E-state index contributed by atoms with van der Waals surface area (Å²) >= 11 is 0. The normalized spacial score (nSPS) is 13.2. The number of hydrogen-bond acceptors (Lipinski definition) is 2. The van der Waals surface area contributed by atoms with Crippen molar-refractivity contribution < 1.29 is 14.3 Å². The lowest BCUT2D eigenvalue weighted by Crippen LogP contribution is -2.43. The maximum atomic E-state index is 13.5. The Labute approximate surface area is 135 Å². The van der Waals surface area contributed by atoms with E-state index < -0.39 is 6.04 Å². The van der Waals surface area contributed by atoms with Gasteiger partial charge in [0.05, 0.1) is 6.04 Å². The predicted molar refractivity (Wildman–Crippen MR) is 87.5 cm³/mol. The van der Waals surface area contributed by atoms with E-state index in [1.807, 2.05) is 37.3 Å². The molecule has 0 fully saturated rings. The summed E-state index contributed by atoms with van der Waals surface area (Å²) in [7, 11) is 0. The van der Waals surface area contributed by atoms with E-state index >= 15 is 0 Å². The van der Waals surface area contributed by atoms with Crippen LogP contribution in [-0.4, -0.2) is 23.8 Å². The minimum absolute atomic E-state index is 0.00740. The molecular weight excluding hydrogens is 295 g/mol. The van der Waals surface area contributed by atoms with Gasteiger partial charge in [-0.2, -0.15) is 0 Å². The highest BCUT2D eigenvalue weighted by molar-refractivity contribution is 5.75. The molecule has 5 heteroatoms. The molecule has 0 aliphatic heterocycles. The zero-order chi connectivity index (χ0) is 16.7. The van der Waals surface area contributed by atoms with Gasteiger partial charge in [0.25, 0.3) is 0 Å². The second kappa shape index (κ2) is 8.29. The van der Waals surface area contributed by atoms with Crippen molar-refractivity contribution >= 4 is 6.03 Å². The molecule has 0 saturated heterocycles. The topological polar surface area (TPSA) is 61.4 Å². The van der Waals surface area contributed by atoms with Crippen LogP contribution in [0.3, 0.4) is 0 Å². The van der Waals surface area contributed by atoms with Gasteiger partial charge in [-0.3, -0.25) is 0 Å². The monoisotopic (exact) mass is 316 g/mol.